The Bertz CT molecular complexity index is 447. The largest absolute Gasteiger partial charge is 0.381 e. The summed E-state index contributed by atoms with van der Waals surface area (Å²) in [6.45, 7) is 1.49. The highest BCUT2D eigenvalue weighted by Gasteiger charge is 2.15. The van der Waals surface area contributed by atoms with E-state index in [-0.39, 0.29) is 12.2 Å². The number of nitrogens with one attached hydrogen (secondary N) is 1. The first-order valence-electron chi connectivity index (χ1n) is 4.88. The Morgan fingerprint density at radius 2 is 2.29 bits per heavy atom. The van der Waals surface area contributed by atoms with Crippen molar-refractivity contribution >= 4 is 17.3 Å². The molecule has 0 radical (unpaired) electrons. The Morgan fingerprint density at radius 1 is 1.65 bits per heavy atom. The molecule has 0 aliphatic heterocycles. The maximum absolute atomic E-state index is 10.7. The molecule has 0 aliphatic carbocycles. The molecule has 1 rings (SSSR count). The number of carbonyl (C=O) groups excluding carboxylic acids is 1. The standard InChI is InChI=1S/C10H13N3O4/c1-6-7(12-5-9(14)10(11)15)3-2-4-8(6)13(16)17/h2-4,9,12,14H,5H2,1H3,(H2,11,15). The maximum Gasteiger partial charge on any atom is 0.274 e. The van der Waals surface area contributed by atoms with Crippen LogP contribution in [0.15, 0.2) is 18.2 Å². The van der Waals surface area contributed by atoms with Gasteiger partial charge < -0.3 is 16.2 Å². The van der Waals surface area contributed by atoms with Crippen LogP contribution in [0.5, 0.6) is 0 Å². The van der Waals surface area contributed by atoms with Crippen LogP contribution in [-0.4, -0.2) is 28.6 Å². The first-order chi connectivity index (χ1) is 7.93. The van der Waals surface area contributed by atoms with Crippen LogP contribution in [0.1, 0.15) is 5.56 Å². The van der Waals surface area contributed by atoms with Crippen molar-refractivity contribution in [2.24, 2.45) is 5.73 Å². The SMILES string of the molecule is Cc1c(NCC(O)C(N)=O)cccc1[N+](=O)[O-]. The van der Waals surface area contributed by atoms with Crippen molar-refractivity contribution in [1.82, 2.24) is 0 Å². The monoisotopic (exact) mass is 239 g/mol. The number of hydrogen-bond donors (Lipinski definition) is 3. The molecule has 0 aromatic heterocycles. The Balaban J connectivity index is 2.82. The minimum atomic E-state index is -1.33. The molecule has 1 amide bonds. The second-order valence-corrected chi connectivity index (χ2v) is 3.51. The zero-order valence-electron chi connectivity index (χ0n) is 9.21. The fourth-order valence-electron chi connectivity index (χ4n) is 1.32. The van der Waals surface area contributed by atoms with E-state index in [2.05, 4.69) is 5.32 Å². The van der Waals surface area contributed by atoms with E-state index in [9.17, 15) is 20.0 Å². The van der Waals surface area contributed by atoms with E-state index in [1.165, 1.54) is 12.1 Å². The van der Waals surface area contributed by atoms with Crippen LogP contribution in [0.4, 0.5) is 11.4 Å². The van der Waals surface area contributed by atoms with Crippen molar-refractivity contribution in [2.45, 2.75) is 13.0 Å². The molecule has 1 aromatic carbocycles. The molecule has 1 unspecified atom stereocenters. The van der Waals surface area contributed by atoms with E-state index in [4.69, 9.17) is 5.73 Å². The highest BCUT2D eigenvalue weighted by Crippen LogP contribution is 2.24. The lowest BCUT2D eigenvalue weighted by Crippen LogP contribution is -2.34. The van der Waals surface area contributed by atoms with Gasteiger partial charge in [0, 0.05) is 23.9 Å². The van der Waals surface area contributed by atoms with E-state index in [0.717, 1.165) is 0 Å². The van der Waals surface area contributed by atoms with Gasteiger partial charge in [-0.25, -0.2) is 0 Å². The van der Waals surface area contributed by atoms with Gasteiger partial charge in [-0.2, -0.15) is 0 Å². The molecule has 1 aromatic rings. The van der Waals surface area contributed by atoms with Crippen molar-refractivity contribution in [3.8, 4) is 0 Å². The molecule has 92 valence electrons. The third kappa shape index (κ3) is 3.15. The van der Waals surface area contributed by atoms with E-state index in [1.54, 1.807) is 13.0 Å². The second-order valence-electron chi connectivity index (χ2n) is 3.51. The summed E-state index contributed by atoms with van der Waals surface area (Å²) in [5.41, 5.74) is 5.78. The molecule has 0 saturated carbocycles. The lowest BCUT2D eigenvalue weighted by molar-refractivity contribution is -0.385. The number of nitro benzene ring substituents is 1. The van der Waals surface area contributed by atoms with Gasteiger partial charge in [0.05, 0.1) is 4.92 Å². The smallest absolute Gasteiger partial charge is 0.274 e. The highest BCUT2D eigenvalue weighted by atomic mass is 16.6. The van der Waals surface area contributed by atoms with Gasteiger partial charge >= 0.3 is 0 Å². The topological polar surface area (TPSA) is 118 Å². The number of nitro groups is 1. The molecule has 1 atom stereocenters. The summed E-state index contributed by atoms with van der Waals surface area (Å²) >= 11 is 0. The number of rotatable bonds is 5. The minimum absolute atomic E-state index is 0.0245. The Hall–Kier alpha value is -2.15. The summed E-state index contributed by atoms with van der Waals surface area (Å²) in [6, 6.07) is 4.52. The summed E-state index contributed by atoms with van der Waals surface area (Å²) in [5.74, 6) is -0.847. The van der Waals surface area contributed by atoms with Crippen LogP contribution in [0.25, 0.3) is 0 Å². The number of primary amides is 1. The van der Waals surface area contributed by atoms with Crippen molar-refractivity contribution in [1.29, 1.82) is 0 Å². The number of carbonyl (C=O) groups is 1. The lowest BCUT2D eigenvalue weighted by atomic mass is 10.1. The fraction of sp³-hybridized carbons (Fsp3) is 0.300. The Kier molecular flexibility index (Phi) is 4.00. The zero-order valence-corrected chi connectivity index (χ0v) is 9.21. The molecule has 0 aliphatic rings. The second kappa shape index (κ2) is 5.26. The quantitative estimate of drug-likeness (QED) is 0.499. The molecule has 0 heterocycles. The lowest BCUT2D eigenvalue weighted by Gasteiger charge is -2.11. The molecule has 0 spiro atoms. The van der Waals surface area contributed by atoms with Crippen LogP contribution in [0, 0.1) is 17.0 Å². The molecule has 0 bridgehead atoms. The molecular formula is C10H13N3O4. The van der Waals surface area contributed by atoms with Crippen molar-refractivity contribution in [3.05, 3.63) is 33.9 Å². The van der Waals surface area contributed by atoms with Crippen molar-refractivity contribution in [3.63, 3.8) is 0 Å². The average molecular weight is 239 g/mol. The number of aliphatic hydroxyl groups is 1. The van der Waals surface area contributed by atoms with Gasteiger partial charge in [0.15, 0.2) is 0 Å². The highest BCUT2D eigenvalue weighted by molar-refractivity contribution is 5.79. The van der Waals surface area contributed by atoms with Crippen LogP contribution in [0.2, 0.25) is 0 Å². The van der Waals surface area contributed by atoms with E-state index < -0.39 is 16.9 Å². The number of benzene rings is 1. The van der Waals surface area contributed by atoms with E-state index in [0.29, 0.717) is 11.3 Å². The van der Waals surface area contributed by atoms with Gasteiger partial charge in [0.25, 0.3) is 5.69 Å². The molecule has 7 nitrogen and oxygen atoms in total. The van der Waals surface area contributed by atoms with E-state index >= 15 is 0 Å². The van der Waals surface area contributed by atoms with Gasteiger partial charge in [0.2, 0.25) is 5.91 Å². The van der Waals surface area contributed by atoms with Crippen LogP contribution in [0.3, 0.4) is 0 Å². The number of amides is 1. The molecule has 0 saturated heterocycles. The molecule has 0 fully saturated rings. The van der Waals surface area contributed by atoms with Crippen LogP contribution < -0.4 is 11.1 Å². The van der Waals surface area contributed by atoms with Crippen molar-refractivity contribution in [2.75, 3.05) is 11.9 Å². The fourth-order valence-corrected chi connectivity index (χ4v) is 1.32. The van der Waals surface area contributed by atoms with Gasteiger partial charge in [-0.1, -0.05) is 6.07 Å². The summed E-state index contributed by atoms with van der Waals surface area (Å²) in [4.78, 5) is 20.8. The summed E-state index contributed by atoms with van der Waals surface area (Å²) in [6.07, 6.45) is -1.33. The minimum Gasteiger partial charge on any atom is -0.381 e. The predicted octanol–water partition coefficient (Wildman–Crippen LogP) is 0.161. The van der Waals surface area contributed by atoms with Crippen LogP contribution in [-0.2, 0) is 4.79 Å². The number of hydrogen-bond acceptors (Lipinski definition) is 5. The third-order valence-electron chi connectivity index (χ3n) is 2.32. The van der Waals surface area contributed by atoms with Gasteiger partial charge in [0.1, 0.15) is 6.10 Å². The normalized spacial score (nSPS) is 11.9. The van der Waals surface area contributed by atoms with E-state index in [1.807, 2.05) is 0 Å². The summed E-state index contributed by atoms with van der Waals surface area (Å²) < 4.78 is 0. The summed E-state index contributed by atoms with van der Waals surface area (Å²) in [7, 11) is 0. The number of nitrogens with two attached hydrogens (primary N) is 1. The van der Waals surface area contributed by atoms with Gasteiger partial charge in [-0.3, -0.25) is 14.9 Å². The molecule has 17 heavy (non-hydrogen) atoms. The Morgan fingerprint density at radius 3 is 2.82 bits per heavy atom. The maximum atomic E-state index is 10.7. The third-order valence-corrected chi connectivity index (χ3v) is 2.32. The van der Waals surface area contributed by atoms with Crippen molar-refractivity contribution < 1.29 is 14.8 Å². The van der Waals surface area contributed by atoms with Gasteiger partial charge in [-0.05, 0) is 13.0 Å². The van der Waals surface area contributed by atoms with Crippen LogP contribution >= 0.6 is 0 Å². The zero-order chi connectivity index (χ0) is 13.0. The predicted molar refractivity (Wildman–Crippen MR) is 61.5 cm³/mol. The number of anilines is 1. The first kappa shape index (κ1) is 12.9. The van der Waals surface area contributed by atoms with Gasteiger partial charge in [-0.15, -0.1) is 0 Å². The molecule has 4 N–H and O–H groups in total. The number of aliphatic hydroxyl groups excluding tert-OH is 1. The molecular weight excluding hydrogens is 226 g/mol. The Labute approximate surface area is 97.4 Å². The number of nitrogens with zero attached hydrogens (tertiary/aromatic N) is 1. The average Bonchev–Trinajstić information content (AvgIpc) is 2.26. The summed E-state index contributed by atoms with van der Waals surface area (Å²) in [5, 5.41) is 22.6. The molecule has 7 heteroatoms. The first-order valence-corrected chi connectivity index (χ1v) is 4.88.